The number of aryl methyl sites for hydroxylation is 2. The second-order valence-electron chi connectivity index (χ2n) is 4.90. The molecule has 0 aliphatic carbocycles. The number of hydrogen-bond acceptors (Lipinski definition) is 4. The average molecular weight is 274 g/mol. The molecule has 0 bridgehead atoms. The molecular weight excluding hydrogens is 252 g/mol. The van der Waals surface area contributed by atoms with Crippen molar-refractivity contribution >= 4 is 0 Å². The molecule has 0 atom stereocenters. The Bertz CT molecular complexity index is 551. The molecule has 0 unspecified atom stereocenters. The van der Waals surface area contributed by atoms with Gasteiger partial charge in [0.2, 0.25) is 0 Å². The minimum atomic E-state index is 0.587. The second-order valence-corrected chi connectivity index (χ2v) is 4.90. The third-order valence-corrected chi connectivity index (χ3v) is 3.26. The molecule has 0 fully saturated rings. The summed E-state index contributed by atoms with van der Waals surface area (Å²) in [5, 5.41) is 8.36. The van der Waals surface area contributed by atoms with E-state index in [4.69, 9.17) is 10.5 Å². The lowest BCUT2D eigenvalue weighted by atomic mass is 10.2. The number of ether oxygens (including phenoxy) is 1. The smallest absolute Gasteiger partial charge is 0.119 e. The highest BCUT2D eigenvalue weighted by Crippen LogP contribution is 2.12. The number of nitrogens with zero attached hydrogens (tertiary/aromatic N) is 3. The lowest BCUT2D eigenvalue weighted by Crippen LogP contribution is -2.11. The molecule has 108 valence electrons. The van der Waals surface area contributed by atoms with Crippen molar-refractivity contribution in [1.29, 1.82) is 0 Å². The van der Waals surface area contributed by atoms with Crippen molar-refractivity contribution in [3.8, 4) is 5.75 Å². The van der Waals surface area contributed by atoms with E-state index in [9.17, 15) is 0 Å². The summed E-state index contributed by atoms with van der Waals surface area (Å²) in [5.41, 5.74) is 8.85. The van der Waals surface area contributed by atoms with Crippen LogP contribution in [0.15, 0.2) is 24.3 Å². The van der Waals surface area contributed by atoms with Crippen LogP contribution >= 0.6 is 0 Å². The van der Waals surface area contributed by atoms with Crippen LogP contribution in [0, 0.1) is 13.8 Å². The van der Waals surface area contributed by atoms with Gasteiger partial charge in [0.05, 0.1) is 17.9 Å². The molecule has 2 rings (SSSR count). The fraction of sp³-hybridized carbons (Fsp3) is 0.467. The van der Waals surface area contributed by atoms with Gasteiger partial charge in [0.1, 0.15) is 12.4 Å². The molecule has 0 saturated heterocycles. The average Bonchev–Trinajstić information content (AvgIpc) is 2.78. The van der Waals surface area contributed by atoms with Gasteiger partial charge in [-0.1, -0.05) is 17.3 Å². The van der Waals surface area contributed by atoms with Gasteiger partial charge >= 0.3 is 0 Å². The first-order chi connectivity index (χ1) is 9.70. The van der Waals surface area contributed by atoms with Crippen LogP contribution in [0.3, 0.4) is 0 Å². The van der Waals surface area contributed by atoms with Gasteiger partial charge in [0, 0.05) is 0 Å². The number of hydrogen-bond donors (Lipinski definition) is 1. The van der Waals surface area contributed by atoms with E-state index in [1.807, 2.05) is 29.8 Å². The third-order valence-electron chi connectivity index (χ3n) is 3.26. The van der Waals surface area contributed by atoms with Crippen molar-refractivity contribution in [3.63, 3.8) is 0 Å². The predicted octanol–water partition coefficient (Wildman–Crippen LogP) is 1.87. The molecular formula is C15H22N4O. The van der Waals surface area contributed by atoms with Crippen LogP contribution in [-0.4, -0.2) is 28.1 Å². The van der Waals surface area contributed by atoms with E-state index in [0.29, 0.717) is 19.7 Å². The molecule has 0 aliphatic rings. The van der Waals surface area contributed by atoms with E-state index in [1.165, 1.54) is 5.56 Å². The summed E-state index contributed by atoms with van der Waals surface area (Å²) in [6.07, 6.45) is 1.83. The molecule has 1 heterocycles. The Morgan fingerprint density at radius 2 is 2.15 bits per heavy atom. The molecule has 1 aromatic carbocycles. The fourth-order valence-corrected chi connectivity index (χ4v) is 2.06. The zero-order chi connectivity index (χ0) is 14.4. The minimum absolute atomic E-state index is 0.587. The van der Waals surface area contributed by atoms with Gasteiger partial charge in [-0.05, 0) is 50.9 Å². The standard InChI is InChI=1S/C15H22N4O/c1-12-5-3-6-14(11-12)20-10-9-19-13(2)15(17-18-19)7-4-8-16/h3,5-6,11H,4,7-10,16H2,1-2H3. The number of aromatic nitrogens is 3. The summed E-state index contributed by atoms with van der Waals surface area (Å²) in [6, 6.07) is 8.04. The summed E-state index contributed by atoms with van der Waals surface area (Å²) < 4.78 is 7.62. The number of nitrogens with two attached hydrogens (primary N) is 1. The van der Waals surface area contributed by atoms with Gasteiger partial charge in [-0.25, -0.2) is 4.68 Å². The van der Waals surface area contributed by atoms with Crippen molar-refractivity contribution in [2.24, 2.45) is 5.73 Å². The van der Waals surface area contributed by atoms with Crippen molar-refractivity contribution in [1.82, 2.24) is 15.0 Å². The van der Waals surface area contributed by atoms with E-state index >= 15 is 0 Å². The molecule has 2 N–H and O–H groups in total. The van der Waals surface area contributed by atoms with Gasteiger partial charge in [0.15, 0.2) is 0 Å². The SMILES string of the molecule is Cc1cccc(OCCn2nnc(CCCN)c2C)c1. The molecule has 5 heteroatoms. The normalized spacial score (nSPS) is 10.8. The summed E-state index contributed by atoms with van der Waals surface area (Å²) in [4.78, 5) is 0. The summed E-state index contributed by atoms with van der Waals surface area (Å²) in [5.74, 6) is 0.895. The highest BCUT2D eigenvalue weighted by molar-refractivity contribution is 5.27. The molecule has 0 radical (unpaired) electrons. The van der Waals surface area contributed by atoms with E-state index in [-0.39, 0.29) is 0 Å². The molecule has 0 amide bonds. The van der Waals surface area contributed by atoms with Crippen molar-refractivity contribution in [2.45, 2.75) is 33.2 Å². The topological polar surface area (TPSA) is 66.0 Å². The Morgan fingerprint density at radius 1 is 1.30 bits per heavy atom. The van der Waals surface area contributed by atoms with E-state index in [0.717, 1.165) is 30.0 Å². The first kappa shape index (κ1) is 14.5. The van der Waals surface area contributed by atoms with Gasteiger partial charge in [-0.3, -0.25) is 0 Å². The maximum Gasteiger partial charge on any atom is 0.119 e. The molecule has 5 nitrogen and oxygen atoms in total. The van der Waals surface area contributed by atoms with Crippen LogP contribution in [0.1, 0.15) is 23.4 Å². The Morgan fingerprint density at radius 3 is 2.90 bits per heavy atom. The fourth-order valence-electron chi connectivity index (χ4n) is 2.06. The van der Waals surface area contributed by atoms with Gasteiger partial charge < -0.3 is 10.5 Å². The summed E-state index contributed by atoms with van der Waals surface area (Å²) >= 11 is 0. The monoisotopic (exact) mass is 274 g/mol. The van der Waals surface area contributed by atoms with Gasteiger partial charge in [-0.15, -0.1) is 5.10 Å². The van der Waals surface area contributed by atoms with Crippen LogP contribution in [0.4, 0.5) is 0 Å². The van der Waals surface area contributed by atoms with Crippen LogP contribution in [0.5, 0.6) is 5.75 Å². The highest BCUT2D eigenvalue weighted by Gasteiger charge is 2.07. The molecule has 1 aromatic heterocycles. The maximum atomic E-state index is 5.73. The van der Waals surface area contributed by atoms with Crippen LogP contribution < -0.4 is 10.5 Å². The van der Waals surface area contributed by atoms with E-state index in [1.54, 1.807) is 0 Å². The molecule has 0 saturated carbocycles. The molecule has 2 aromatic rings. The van der Waals surface area contributed by atoms with Crippen LogP contribution in [0.2, 0.25) is 0 Å². The van der Waals surface area contributed by atoms with E-state index in [2.05, 4.69) is 23.3 Å². The van der Waals surface area contributed by atoms with Crippen molar-refractivity contribution in [3.05, 3.63) is 41.2 Å². The number of benzene rings is 1. The predicted molar refractivity (Wildman–Crippen MR) is 78.8 cm³/mol. The first-order valence-electron chi connectivity index (χ1n) is 6.99. The Balaban J connectivity index is 1.86. The van der Waals surface area contributed by atoms with Crippen LogP contribution in [-0.2, 0) is 13.0 Å². The summed E-state index contributed by atoms with van der Waals surface area (Å²) in [6.45, 7) is 6.07. The van der Waals surface area contributed by atoms with Crippen molar-refractivity contribution in [2.75, 3.05) is 13.2 Å². The Hall–Kier alpha value is -1.88. The van der Waals surface area contributed by atoms with Crippen LogP contribution in [0.25, 0.3) is 0 Å². The molecule has 20 heavy (non-hydrogen) atoms. The lowest BCUT2D eigenvalue weighted by Gasteiger charge is -2.07. The lowest BCUT2D eigenvalue weighted by molar-refractivity contribution is 0.288. The van der Waals surface area contributed by atoms with Crippen molar-refractivity contribution < 1.29 is 4.74 Å². The van der Waals surface area contributed by atoms with Gasteiger partial charge in [0.25, 0.3) is 0 Å². The summed E-state index contributed by atoms with van der Waals surface area (Å²) in [7, 11) is 0. The second kappa shape index (κ2) is 7.05. The third kappa shape index (κ3) is 3.81. The minimum Gasteiger partial charge on any atom is -0.492 e. The first-order valence-corrected chi connectivity index (χ1v) is 6.99. The molecule has 0 aliphatic heterocycles. The highest BCUT2D eigenvalue weighted by atomic mass is 16.5. The van der Waals surface area contributed by atoms with E-state index < -0.39 is 0 Å². The Labute approximate surface area is 119 Å². The van der Waals surface area contributed by atoms with Gasteiger partial charge in [-0.2, -0.15) is 0 Å². The quantitative estimate of drug-likeness (QED) is 0.837. The zero-order valence-electron chi connectivity index (χ0n) is 12.2. The zero-order valence-corrected chi connectivity index (χ0v) is 12.2. The maximum absolute atomic E-state index is 5.73. The number of rotatable bonds is 7. The molecule has 0 spiro atoms. The largest absolute Gasteiger partial charge is 0.492 e. The Kier molecular flexibility index (Phi) is 5.12.